The quantitative estimate of drug-likeness (QED) is 0.639. The second-order valence-electron chi connectivity index (χ2n) is 4.92. The van der Waals surface area contributed by atoms with E-state index in [1.165, 1.54) is 0 Å². The van der Waals surface area contributed by atoms with Crippen LogP contribution in [0.1, 0.15) is 16.7 Å². The Bertz CT molecular complexity index is 668. The van der Waals surface area contributed by atoms with Gasteiger partial charge in [0.05, 0.1) is 5.56 Å². The first-order chi connectivity index (χ1) is 10.5. The summed E-state index contributed by atoms with van der Waals surface area (Å²) < 4.78 is 11.5. The summed E-state index contributed by atoms with van der Waals surface area (Å²) in [5, 5.41) is 0.571. The Balaban J connectivity index is 1.96. The molecule has 0 aliphatic carbocycles. The molecule has 0 saturated heterocycles. The minimum atomic E-state index is 0.258. The highest BCUT2D eigenvalue weighted by molar-refractivity contribution is 7.80. The average molecular weight is 336 g/mol. The summed E-state index contributed by atoms with van der Waals surface area (Å²) in [7, 11) is 0. The maximum Gasteiger partial charge on any atom is 0.129 e. The third-order valence-corrected chi connectivity index (χ3v) is 3.66. The monoisotopic (exact) mass is 335 g/mol. The number of halogens is 1. The summed E-state index contributed by atoms with van der Waals surface area (Å²) in [4.78, 5) is 0.258. The predicted octanol–water partition coefficient (Wildman–Crippen LogP) is 4.05. The van der Waals surface area contributed by atoms with E-state index in [1.807, 2.05) is 32.0 Å². The molecule has 5 heteroatoms. The van der Waals surface area contributed by atoms with Crippen LogP contribution in [0.3, 0.4) is 0 Å². The van der Waals surface area contributed by atoms with E-state index < -0.39 is 0 Å². The van der Waals surface area contributed by atoms with Crippen LogP contribution in [0.5, 0.6) is 11.5 Å². The van der Waals surface area contributed by atoms with Crippen LogP contribution in [0.4, 0.5) is 0 Å². The van der Waals surface area contributed by atoms with E-state index in [-0.39, 0.29) is 4.99 Å². The van der Waals surface area contributed by atoms with E-state index >= 15 is 0 Å². The molecule has 2 aromatic rings. The van der Waals surface area contributed by atoms with Crippen LogP contribution in [0, 0.1) is 13.8 Å². The molecule has 0 aliphatic rings. The summed E-state index contributed by atoms with van der Waals surface area (Å²) in [5.74, 6) is 1.51. The fraction of sp³-hybridized carbons (Fsp3) is 0.235. The molecule has 0 atom stereocenters. The summed E-state index contributed by atoms with van der Waals surface area (Å²) >= 11 is 10.9. The number of rotatable bonds is 6. The molecular formula is C17H18ClNO2S. The molecule has 0 fully saturated rings. The third-order valence-electron chi connectivity index (χ3n) is 3.20. The van der Waals surface area contributed by atoms with Gasteiger partial charge in [-0.2, -0.15) is 0 Å². The molecule has 116 valence electrons. The Hall–Kier alpha value is -1.78. The maximum atomic E-state index is 5.94. The number of thiocarbonyl (C=S) groups is 1. The molecule has 0 aliphatic heterocycles. The van der Waals surface area contributed by atoms with Crippen molar-refractivity contribution in [1.82, 2.24) is 0 Å². The molecule has 3 nitrogen and oxygen atoms in total. The second-order valence-corrected chi connectivity index (χ2v) is 5.80. The van der Waals surface area contributed by atoms with Crippen molar-refractivity contribution >= 4 is 28.8 Å². The van der Waals surface area contributed by atoms with Crippen LogP contribution in [0.2, 0.25) is 5.02 Å². The van der Waals surface area contributed by atoms with Gasteiger partial charge in [-0.15, -0.1) is 0 Å². The lowest BCUT2D eigenvalue weighted by molar-refractivity contribution is 0.215. The molecule has 0 amide bonds. The summed E-state index contributed by atoms with van der Waals surface area (Å²) in [5.41, 5.74) is 8.53. The lowest BCUT2D eigenvalue weighted by Gasteiger charge is -2.14. The summed E-state index contributed by atoms with van der Waals surface area (Å²) in [6, 6.07) is 11.3. The number of hydrogen-bond acceptors (Lipinski definition) is 3. The van der Waals surface area contributed by atoms with E-state index in [2.05, 4.69) is 0 Å². The van der Waals surface area contributed by atoms with E-state index in [0.717, 1.165) is 16.9 Å². The first-order valence-electron chi connectivity index (χ1n) is 6.90. The van der Waals surface area contributed by atoms with Crippen LogP contribution in [-0.2, 0) is 0 Å². The van der Waals surface area contributed by atoms with Gasteiger partial charge in [-0.05, 0) is 43.2 Å². The van der Waals surface area contributed by atoms with Crippen LogP contribution >= 0.6 is 23.8 Å². The van der Waals surface area contributed by atoms with Crippen molar-refractivity contribution in [2.45, 2.75) is 13.8 Å². The van der Waals surface area contributed by atoms with Crippen LogP contribution in [0.25, 0.3) is 0 Å². The molecule has 0 bridgehead atoms. The predicted molar refractivity (Wildman–Crippen MR) is 94.2 cm³/mol. The van der Waals surface area contributed by atoms with Gasteiger partial charge < -0.3 is 15.2 Å². The summed E-state index contributed by atoms with van der Waals surface area (Å²) in [6.45, 7) is 4.87. The molecule has 0 aromatic heterocycles. The van der Waals surface area contributed by atoms with E-state index in [4.69, 9.17) is 39.0 Å². The van der Waals surface area contributed by atoms with E-state index in [1.54, 1.807) is 18.2 Å². The molecule has 0 unspecified atom stereocenters. The number of benzene rings is 2. The number of hydrogen-bond donors (Lipinski definition) is 1. The number of aryl methyl sites for hydroxylation is 2. The van der Waals surface area contributed by atoms with Crippen molar-refractivity contribution in [2.75, 3.05) is 13.2 Å². The fourth-order valence-corrected chi connectivity index (χ4v) is 2.47. The Morgan fingerprint density at radius 1 is 1.09 bits per heavy atom. The average Bonchev–Trinajstić information content (AvgIpc) is 2.47. The SMILES string of the molecule is Cc1cccc(C)c1OCCOc1ccc(Cl)cc1C(N)=S. The molecule has 2 N–H and O–H groups in total. The van der Waals surface area contributed by atoms with Gasteiger partial charge in [0, 0.05) is 5.02 Å². The zero-order chi connectivity index (χ0) is 16.1. The van der Waals surface area contributed by atoms with Gasteiger partial charge >= 0.3 is 0 Å². The smallest absolute Gasteiger partial charge is 0.129 e. The Morgan fingerprint density at radius 3 is 2.36 bits per heavy atom. The van der Waals surface area contributed by atoms with Gasteiger partial charge in [0.2, 0.25) is 0 Å². The van der Waals surface area contributed by atoms with Crippen molar-refractivity contribution in [3.05, 3.63) is 58.1 Å². The third kappa shape index (κ3) is 4.12. The second kappa shape index (κ2) is 7.47. The first kappa shape index (κ1) is 16.6. The van der Waals surface area contributed by atoms with Gasteiger partial charge in [-0.25, -0.2) is 0 Å². The van der Waals surface area contributed by atoms with Crippen molar-refractivity contribution < 1.29 is 9.47 Å². The standard InChI is InChI=1S/C17H18ClNO2S/c1-11-4-3-5-12(2)16(11)21-9-8-20-15-7-6-13(18)10-14(15)17(19)22/h3-7,10H,8-9H2,1-2H3,(H2,19,22). The normalized spacial score (nSPS) is 10.3. The molecule has 2 rings (SSSR count). The van der Waals surface area contributed by atoms with E-state index in [0.29, 0.717) is 29.5 Å². The minimum absolute atomic E-state index is 0.258. The fourth-order valence-electron chi connectivity index (χ4n) is 2.14. The zero-order valence-corrected chi connectivity index (χ0v) is 14.1. The highest BCUT2D eigenvalue weighted by Gasteiger charge is 2.08. The Kier molecular flexibility index (Phi) is 5.63. The van der Waals surface area contributed by atoms with Crippen molar-refractivity contribution in [2.24, 2.45) is 5.73 Å². The van der Waals surface area contributed by atoms with Crippen LogP contribution in [0.15, 0.2) is 36.4 Å². The van der Waals surface area contributed by atoms with E-state index in [9.17, 15) is 0 Å². The molecular weight excluding hydrogens is 318 g/mol. The molecule has 2 aromatic carbocycles. The molecule has 0 saturated carbocycles. The van der Waals surface area contributed by atoms with Crippen molar-refractivity contribution in [3.63, 3.8) is 0 Å². The highest BCUT2D eigenvalue weighted by atomic mass is 35.5. The number of ether oxygens (including phenoxy) is 2. The van der Waals surface area contributed by atoms with Gasteiger partial charge in [-0.3, -0.25) is 0 Å². The minimum Gasteiger partial charge on any atom is -0.489 e. The molecule has 0 radical (unpaired) electrons. The number of nitrogens with two attached hydrogens (primary N) is 1. The highest BCUT2D eigenvalue weighted by Crippen LogP contribution is 2.24. The first-order valence-corrected chi connectivity index (χ1v) is 7.69. The van der Waals surface area contributed by atoms with Crippen molar-refractivity contribution in [1.29, 1.82) is 0 Å². The maximum absolute atomic E-state index is 5.94. The number of para-hydroxylation sites is 1. The van der Waals surface area contributed by atoms with Crippen LogP contribution < -0.4 is 15.2 Å². The molecule has 0 heterocycles. The van der Waals surface area contributed by atoms with Gasteiger partial charge in [0.15, 0.2) is 0 Å². The Morgan fingerprint density at radius 2 is 1.73 bits per heavy atom. The van der Waals surface area contributed by atoms with Crippen LogP contribution in [-0.4, -0.2) is 18.2 Å². The molecule has 0 spiro atoms. The lowest BCUT2D eigenvalue weighted by Crippen LogP contribution is -2.15. The topological polar surface area (TPSA) is 44.5 Å². The molecule has 22 heavy (non-hydrogen) atoms. The van der Waals surface area contributed by atoms with Gasteiger partial charge in [-0.1, -0.05) is 42.0 Å². The van der Waals surface area contributed by atoms with Gasteiger partial charge in [0.25, 0.3) is 0 Å². The van der Waals surface area contributed by atoms with Crippen molar-refractivity contribution in [3.8, 4) is 11.5 Å². The largest absolute Gasteiger partial charge is 0.489 e. The summed E-state index contributed by atoms with van der Waals surface area (Å²) in [6.07, 6.45) is 0. The zero-order valence-electron chi connectivity index (χ0n) is 12.6. The lowest BCUT2D eigenvalue weighted by atomic mass is 10.1. The van der Waals surface area contributed by atoms with Gasteiger partial charge in [0.1, 0.15) is 29.7 Å². The Labute approximate surface area is 141 Å².